The lowest BCUT2D eigenvalue weighted by Crippen LogP contribution is -2.56. The molecule has 8 nitrogen and oxygen atoms in total. The van der Waals surface area contributed by atoms with Gasteiger partial charge in [-0.25, -0.2) is 0 Å². The minimum atomic E-state index is -4.64. The van der Waals surface area contributed by atoms with Crippen LogP contribution in [0.25, 0.3) is 0 Å². The number of carbonyl (C=O) groups is 4. The third kappa shape index (κ3) is 9.84. The van der Waals surface area contributed by atoms with Gasteiger partial charge in [-0.1, -0.05) is 28.1 Å². The lowest BCUT2D eigenvalue weighted by Gasteiger charge is -2.40. The van der Waals surface area contributed by atoms with Crippen molar-refractivity contribution in [1.82, 2.24) is 20.4 Å². The van der Waals surface area contributed by atoms with E-state index in [9.17, 15) is 35.9 Å². The van der Waals surface area contributed by atoms with E-state index in [1.807, 2.05) is 34.1 Å². The second-order valence-corrected chi connectivity index (χ2v) is 11.8. The number of rotatable bonds is 0. The molecule has 44 heavy (non-hydrogen) atoms. The Hall–Kier alpha value is -2.82. The molecule has 6 rings (SSSR count). The molecule has 2 N–H and O–H groups in total. The van der Waals surface area contributed by atoms with Gasteiger partial charge in [0.25, 0.3) is 11.8 Å². The molecule has 2 amide bonds. The summed E-state index contributed by atoms with van der Waals surface area (Å²) in [4.78, 5) is 46.0. The predicted octanol–water partition coefficient (Wildman–Crippen LogP) is 4.33. The van der Waals surface area contributed by atoms with Crippen LogP contribution < -0.4 is 10.6 Å². The summed E-state index contributed by atoms with van der Waals surface area (Å²) in [5, 5.41) is 6.69. The van der Waals surface area contributed by atoms with Crippen LogP contribution in [0.15, 0.2) is 45.3 Å². The second kappa shape index (κ2) is 15.5. The van der Waals surface area contributed by atoms with Gasteiger partial charge in [-0.2, -0.15) is 26.3 Å². The van der Waals surface area contributed by atoms with Gasteiger partial charge in [0.2, 0.25) is 12.6 Å². The van der Waals surface area contributed by atoms with Crippen LogP contribution in [0.2, 0.25) is 0 Å². The Morgan fingerprint density at radius 1 is 0.750 bits per heavy atom. The number of piperazine rings is 2. The Morgan fingerprint density at radius 3 is 1.77 bits per heavy atom. The number of alkyl halides is 6. The zero-order valence-corrected chi connectivity index (χ0v) is 26.2. The van der Waals surface area contributed by atoms with Crippen LogP contribution in [0.1, 0.15) is 31.8 Å². The zero-order chi connectivity index (χ0) is 32.7. The molecular formula is C28H28Br2F6N4O4. The van der Waals surface area contributed by atoms with Crippen LogP contribution in [-0.4, -0.2) is 97.9 Å². The van der Waals surface area contributed by atoms with Crippen molar-refractivity contribution in [1.29, 1.82) is 0 Å². The van der Waals surface area contributed by atoms with Gasteiger partial charge in [-0.05, 0) is 64.2 Å². The van der Waals surface area contributed by atoms with Gasteiger partial charge < -0.3 is 20.4 Å². The number of aldehydes is 2. The molecule has 4 heterocycles. The fourth-order valence-electron chi connectivity index (χ4n) is 5.15. The molecule has 0 aliphatic carbocycles. The average molecular weight is 758 g/mol. The Bertz CT molecular complexity index is 1330. The van der Waals surface area contributed by atoms with Crippen molar-refractivity contribution < 1.29 is 45.5 Å². The first kappa shape index (κ1) is 35.7. The second-order valence-electron chi connectivity index (χ2n) is 10.0. The van der Waals surface area contributed by atoms with Crippen molar-refractivity contribution in [3.8, 4) is 0 Å². The molecule has 4 aliphatic rings. The lowest BCUT2D eigenvalue weighted by atomic mass is 9.92. The summed E-state index contributed by atoms with van der Waals surface area (Å²) in [5.74, 6) is 0.375. The molecule has 2 saturated heterocycles. The fourth-order valence-corrected chi connectivity index (χ4v) is 6.13. The van der Waals surface area contributed by atoms with E-state index < -0.39 is 24.9 Å². The topological polar surface area (TPSA) is 98.8 Å². The van der Waals surface area contributed by atoms with Crippen LogP contribution in [0, 0.1) is 0 Å². The molecule has 16 heteroatoms. The Kier molecular flexibility index (Phi) is 12.5. The Morgan fingerprint density at radius 2 is 1.25 bits per heavy atom. The summed E-state index contributed by atoms with van der Waals surface area (Å²) in [6, 6.07) is 12.6. The number of hydrogen-bond donors (Lipinski definition) is 2. The smallest absolute Gasteiger partial charge is 0.333 e. The van der Waals surface area contributed by atoms with Crippen molar-refractivity contribution in [2.24, 2.45) is 0 Å². The number of amides is 2. The normalized spacial score (nSPS) is 20.5. The lowest BCUT2D eigenvalue weighted by molar-refractivity contribution is -0.156. The van der Waals surface area contributed by atoms with Crippen LogP contribution in [0.4, 0.5) is 26.3 Å². The number of nitrogens with one attached hydrogen (secondary N) is 2. The van der Waals surface area contributed by atoms with Crippen LogP contribution in [0.3, 0.4) is 0 Å². The molecule has 0 aromatic heterocycles. The highest BCUT2D eigenvalue weighted by molar-refractivity contribution is 9.10. The quantitative estimate of drug-likeness (QED) is 0.307. The zero-order valence-electron chi connectivity index (χ0n) is 23.0. The minimum Gasteiger partial charge on any atom is -0.333 e. The number of benzene rings is 2. The molecule has 2 atom stereocenters. The van der Waals surface area contributed by atoms with Gasteiger partial charge in [0, 0.05) is 65.9 Å². The molecule has 240 valence electrons. The molecule has 0 unspecified atom stereocenters. The summed E-state index contributed by atoms with van der Waals surface area (Å²) in [7, 11) is 0. The molecule has 0 saturated carbocycles. The van der Waals surface area contributed by atoms with Gasteiger partial charge in [-0.15, -0.1) is 0 Å². The van der Waals surface area contributed by atoms with Crippen molar-refractivity contribution in [3.05, 3.63) is 67.6 Å². The Labute approximate surface area is 265 Å². The minimum absolute atomic E-state index is 0.181. The van der Waals surface area contributed by atoms with Crippen LogP contribution in [-0.2, 0) is 22.4 Å². The van der Waals surface area contributed by atoms with E-state index in [0.717, 1.165) is 72.2 Å². The van der Waals surface area contributed by atoms with Gasteiger partial charge in [0.1, 0.15) is 0 Å². The van der Waals surface area contributed by atoms with Crippen molar-refractivity contribution in [2.75, 3.05) is 39.3 Å². The molecule has 0 bridgehead atoms. The summed E-state index contributed by atoms with van der Waals surface area (Å²) >= 11 is 6.93. The monoisotopic (exact) mass is 756 g/mol. The van der Waals surface area contributed by atoms with E-state index in [1.54, 1.807) is 0 Å². The molecule has 4 aliphatic heterocycles. The number of hydrogen-bond acceptors (Lipinski definition) is 6. The summed E-state index contributed by atoms with van der Waals surface area (Å²) in [6.45, 7) is 5.30. The third-order valence-electron chi connectivity index (χ3n) is 7.01. The maximum Gasteiger partial charge on any atom is 0.446 e. The molecule has 2 aromatic rings. The van der Waals surface area contributed by atoms with Crippen molar-refractivity contribution in [3.63, 3.8) is 0 Å². The predicted molar refractivity (Wildman–Crippen MR) is 155 cm³/mol. The van der Waals surface area contributed by atoms with E-state index >= 15 is 0 Å². The molecule has 0 spiro atoms. The molecule has 0 radical (unpaired) electrons. The van der Waals surface area contributed by atoms with Crippen LogP contribution in [0.5, 0.6) is 0 Å². The SMILES string of the molecule is O=C1c2c(Br)cccc2C[C@@H]2CNCCN12.O=C1c2ccc(Br)cc2C[C@@H]2CNCCN12.O=CC(F)(F)F.O=CC(F)(F)F. The summed E-state index contributed by atoms with van der Waals surface area (Å²) in [6.07, 6.45) is -9.47. The van der Waals surface area contributed by atoms with Gasteiger partial charge in [0.15, 0.2) is 0 Å². The number of carbonyl (C=O) groups excluding carboxylic acids is 4. The summed E-state index contributed by atoms with van der Waals surface area (Å²) in [5.41, 5.74) is 4.08. The molecular weight excluding hydrogens is 730 g/mol. The van der Waals surface area contributed by atoms with E-state index in [4.69, 9.17) is 9.59 Å². The highest BCUT2D eigenvalue weighted by Gasteiger charge is 2.35. The highest BCUT2D eigenvalue weighted by atomic mass is 79.9. The van der Waals surface area contributed by atoms with E-state index in [2.05, 4.69) is 54.6 Å². The van der Waals surface area contributed by atoms with E-state index in [-0.39, 0.29) is 11.8 Å². The van der Waals surface area contributed by atoms with E-state index in [0.29, 0.717) is 12.1 Å². The Balaban J connectivity index is 0.000000178. The largest absolute Gasteiger partial charge is 0.446 e. The van der Waals surface area contributed by atoms with Crippen molar-refractivity contribution in [2.45, 2.75) is 37.3 Å². The van der Waals surface area contributed by atoms with E-state index in [1.165, 1.54) is 11.1 Å². The first-order chi connectivity index (χ1) is 20.6. The van der Waals surface area contributed by atoms with Crippen molar-refractivity contribution >= 4 is 56.2 Å². The van der Waals surface area contributed by atoms with Gasteiger partial charge >= 0.3 is 12.4 Å². The maximum atomic E-state index is 12.3. The first-order valence-electron chi connectivity index (χ1n) is 13.3. The molecule has 2 fully saturated rings. The standard InChI is InChI=1S/2C12H13BrN2O.2C2HF3O/c13-9-1-2-11-8(5-9)6-10-7-14-3-4-15(10)12(11)16;13-10-3-1-2-8-6-9-7-14-4-5-15(9)12(16)11(8)10;2*3-2(4,5)1-6/h1-2,5,10,14H,3-4,6-7H2;1-3,9,14H,4-7H2;2*1H/t10-;9-;;/m11../s1. The van der Waals surface area contributed by atoms with Crippen LogP contribution >= 0.6 is 31.9 Å². The maximum absolute atomic E-state index is 12.3. The summed E-state index contributed by atoms with van der Waals surface area (Å²) < 4.78 is 64.5. The number of fused-ring (bicyclic) bond motifs is 4. The third-order valence-corrected chi connectivity index (χ3v) is 8.17. The average Bonchev–Trinajstić information content (AvgIpc) is 2.97. The fraction of sp³-hybridized carbons (Fsp3) is 0.429. The highest BCUT2D eigenvalue weighted by Crippen LogP contribution is 2.30. The van der Waals surface area contributed by atoms with Gasteiger partial charge in [-0.3, -0.25) is 19.2 Å². The first-order valence-corrected chi connectivity index (χ1v) is 14.9. The number of nitrogens with zero attached hydrogens (tertiary/aromatic N) is 2. The van der Waals surface area contributed by atoms with Gasteiger partial charge in [0.05, 0.1) is 5.56 Å². The molecule has 2 aromatic carbocycles. The number of halogens is 8.